The van der Waals surface area contributed by atoms with Crippen LogP contribution in [-0.4, -0.2) is 56.0 Å². The van der Waals surface area contributed by atoms with Gasteiger partial charge in [0.05, 0.1) is 0 Å². The van der Waals surface area contributed by atoms with E-state index in [0.717, 1.165) is 37.7 Å². The predicted octanol–water partition coefficient (Wildman–Crippen LogP) is 3.43. The lowest BCUT2D eigenvalue weighted by Gasteiger charge is -2.32. The van der Waals surface area contributed by atoms with E-state index in [0.29, 0.717) is 6.54 Å². The minimum atomic E-state index is 0.0188. The molecule has 3 rings (SSSR count). The van der Waals surface area contributed by atoms with E-state index in [4.69, 9.17) is 0 Å². The summed E-state index contributed by atoms with van der Waals surface area (Å²) in [7, 11) is 4.02. The van der Waals surface area contributed by atoms with E-state index >= 15 is 0 Å². The van der Waals surface area contributed by atoms with E-state index in [1.54, 1.807) is 0 Å². The molecule has 4 nitrogen and oxygen atoms in total. The number of carbonyl (C=O) groups excluding carboxylic acids is 1. The van der Waals surface area contributed by atoms with E-state index < -0.39 is 0 Å². The zero-order chi connectivity index (χ0) is 19.8. The fraction of sp³-hybridized carbons (Fsp3) is 0.458. The van der Waals surface area contributed by atoms with Gasteiger partial charge in [0, 0.05) is 25.2 Å². The highest BCUT2D eigenvalue weighted by Gasteiger charge is 2.19. The van der Waals surface area contributed by atoms with Gasteiger partial charge in [0.15, 0.2) is 0 Å². The van der Waals surface area contributed by atoms with Crippen molar-refractivity contribution >= 4 is 5.91 Å². The van der Waals surface area contributed by atoms with Crippen LogP contribution in [0.3, 0.4) is 0 Å². The predicted molar refractivity (Wildman–Crippen MR) is 115 cm³/mol. The van der Waals surface area contributed by atoms with Gasteiger partial charge in [-0.25, -0.2) is 0 Å². The number of nitrogens with zero attached hydrogens (tertiary/aromatic N) is 2. The molecule has 0 aliphatic carbocycles. The summed E-state index contributed by atoms with van der Waals surface area (Å²) in [6, 6.07) is 18.9. The van der Waals surface area contributed by atoms with Crippen molar-refractivity contribution in [2.24, 2.45) is 5.92 Å². The number of piperidine rings is 1. The van der Waals surface area contributed by atoms with E-state index in [9.17, 15) is 4.79 Å². The molecule has 0 spiro atoms. The number of carbonyl (C=O) groups is 1. The standard InChI is InChI=1S/C24H33N3O/c1-26(2)16-13-25-24(28)23-10-6-9-22(18-23)19-27-14-11-21(12-15-27)17-20-7-4-3-5-8-20/h3-10,18,21H,11-17,19H2,1-2H3,(H,25,28). The Labute approximate surface area is 169 Å². The summed E-state index contributed by atoms with van der Waals surface area (Å²) in [6.07, 6.45) is 3.69. The maximum atomic E-state index is 12.3. The molecule has 150 valence electrons. The highest BCUT2D eigenvalue weighted by atomic mass is 16.1. The Balaban J connectivity index is 1.46. The van der Waals surface area contributed by atoms with Crippen LogP contribution in [0, 0.1) is 5.92 Å². The van der Waals surface area contributed by atoms with Crippen LogP contribution in [0.4, 0.5) is 0 Å². The molecule has 1 saturated heterocycles. The minimum Gasteiger partial charge on any atom is -0.351 e. The van der Waals surface area contributed by atoms with Crippen LogP contribution in [0.1, 0.15) is 34.3 Å². The second-order valence-corrected chi connectivity index (χ2v) is 8.17. The Kier molecular flexibility index (Phi) is 7.63. The van der Waals surface area contributed by atoms with Crippen LogP contribution in [0.5, 0.6) is 0 Å². The molecular formula is C24H33N3O. The molecule has 0 radical (unpaired) electrons. The molecule has 0 aromatic heterocycles. The topological polar surface area (TPSA) is 35.6 Å². The fourth-order valence-electron chi connectivity index (χ4n) is 3.86. The number of amides is 1. The Bertz CT molecular complexity index is 737. The summed E-state index contributed by atoms with van der Waals surface area (Å²) < 4.78 is 0. The van der Waals surface area contributed by atoms with Crippen LogP contribution in [-0.2, 0) is 13.0 Å². The first-order valence-corrected chi connectivity index (χ1v) is 10.4. The molecule has 2 aromatic rings. The monoisotopic (exact) mass is 379 g/mol. The molecule has 1 amide bonds. The average Bonchev–Trinajstić information content (AvgIpc) is 2.70. The van der Waals surface area contributed by atoms with Gasteiger partial charge < -0.3 is 10.2 Å². The average molecular weight is 380 g/mol. The summed E-state index contributed by atoms with van der Waals surface area (Å²) >= 11 is 0. The van der Waals surface area contributed by atoms with Gasteiger partial charge in [0.1, 0.15) is 0 Å². The maximum absolute atomic E-state index is 12.3. The van der Waals surface area contributed by atoms with E-state index in [1.165, 1.54) is 30.4 Å². The van der Waals surface area contributed by atoms with Crippen molar-refractivity contribution in [3.05, 3.63) is 71.3 Å². The molecule has 0 atom stereocenters. The molecule has 1 fully saturated rings. The molecule has 0 saturated carbocycles. The van der Waals surface area contributed by atoms with Gasteiger partial charge in [-0.1, -0.05) is 42.5 Å². The summed E-state index contributed by atoms with van der Waals surface area (Å²) in [6.45, 7) is 4.72. The van der Waals surface area contributed by atoms with Crippen LogP contribution >= 0.6 is 0 Å². The number of hydrogen-bond donors (Lipinski definition) is 1. The lowest BCUT2D eigenvalue weighted by atomic mass is 9.90. The SMILES string of the molecule is CN(C)CCNC(=O)c1cccc(CN2CCC(Cc3ccccc3)CC2)c1. The smallest absolute Gasteiger partial charge is 0.251 e. The van der Waals surface area contributed by atoms with Crippen molar-refractivity contribution in [3.8, 4) is 0 Å². The summed E-state index contributed by atoms with van der Waals surface area (Å²) in [5, 5.41) is 3.00. The lowest BCUT2D eigenvalue weighted by Crippen LogP contribution is -2.34. The first kappa shape index (κ1) is 20.6. The van der Waals surface area contributed by atoms with Crippen molar-refractivity contribution in [2.75, 3.05) is 40.3 Å². The van der Waals surface area contributed by atoms with Crippen molar-refractivity contribution in [1.29, 1.82) is 0 Å². The van der Waals surface area contributed by atoms with E-state index in [1.807, 2.05) is 32.3 Å². The van der Waals surface area contributed by atoms with Crippen molar-refractivity contribution in [3.63, 3.8) is 0 Å². The van der Waals surface area contributed by atoms with Gasteiger partial charge in [-0.15, -0.1) is 0 Å². The zero-order valence-corrected chi connectivity index (χ0v) is 17.2. The highest BCUT2D eigenvalue weighted by Crippen LogP contribution is 2.23. The Morgan fingerprint density at radius 3 is 2.46 bits per heavy atom. The van der Waals surface area contributed by atoms with Crippen molar-refractivity contribution in [2.45, 2.75) is 25.8 Å². The number of likely N-dealkylation sites (tertiary alicyclic amines) is 1. The molecule has 4 heteroatoms. The third-order valence-corrected chi connectivity index (χ3v) is 5.51. The van der Waals surface area contributed by atoms with E-state index in [-0.39, 0.29) is 5.91 Å². The van der Waals surface area contributed by atoms with Gasteiger partial charge >= 0.3 is 0 Å². The van der Waals surface area contributed by atoms with E-state index in [2.05, 4.69) is 51.5 Å². The van der Waals surface area contributed by atoms with Crippen molar-refractivity contribution < 1.29 is 4.79 Å². The van der Waals surface area contributed by atoms with Crippen LogP contribution < -0.4 is 5.32 Å². The quantitative estimate of drug-likeness (QED) is 0.763. The molecule has 0 unspecified atom stereocenters. The number of nitrogens with one attached hydrogen (secondary N) is 1. The second-order valence-electron chi connectivity index (χ2n) is 8.17. The summed E-state index contributed by atoms with van der Waals surface area (Å²) in [5.74, 6) is 0.803. The molecule has 2 aromatic carbocycles. The van der Waals surface area contributed by atoms with Crippen LogP contribution in [0.25, 0.3) is 0 Å². The molecule has 28 heavy (non-hydrogen) atoms. The molecule has 0 bridgehead atoms. The maximum Gasteiger partial charge on any atom is 0.251 e. The second kappa shape index (κ2) is 10.4. The van der Waals surface area contributed by atoms with Gasteiger partial charge in [0.2, 0.25) is 0 Å². The zero-order valence-electron chi connectivity index (χ0n) is 17.2. The molecule has 1 heterocycles. The number of hydrogen-bond acceptors (Lipinski definition) is 3. The van der Waals surface area contributed by atoms with Crippen molar-refractivity contribution in [1.82, 2.24) is 15.1 Å². The fourth-order valence-corrected chi connectivity index (χ4v) is 3.86. The summed E-state index contributed by atoms with van der Waals surface area (Å²) in [4.78, 5) is 16.9. The number of rotatable bonds is 8. The normalized spacial score (nSPS) is 15.7. The van der Waals surface area contributed by atoms with Gasteiger partial charge in [-0.05, 0) is 75.6 Å². The van der Waals surface area contributed by atoms with Crippen LogP contribution in [0.2, 0.25) is 0 Å². The van der Waals surface area contributed by atoms with Gasteiger partial charge in [0.25, 0.3) is 5.91 Å². The first-order chi connectivity index (χ1) is 13.6. The summed E-state index contributed by atoms with van der Waals surface area (Å²) in [5.41, 5.74) is 3.44. The van der Waals surface area contributed by atoms with Crippen LogP contribution in [0.15, 0.2) is 54.6 Å². The lowest BCUT2D eigenvalue weighted by molar-refractivity contribution is 0.0951. The third kappa shape index (κ3) is 6.47. The number of benzene rings is 2. The minimum absolute atomic E-state index is 0.0188. The Morgan fingerprint density at radius 2 is 1.75 bits per heavy atom. The molecule has 1 aliphatic rings. The Hall–Kier alpha value is -2.17. The number of likely N-dealkylation sites (N-methyl/N-ethyl adjacent to an activating group) is 1. The third-order valence-electron chi connectivity index (χ3n) is 5.51. The molecule has 1 N–H and O–H groups in total. The largest absolute Gasteiger partial charge is 0.351 e. The highest BCUT2D eigenvalue weighted by molar-refractivity contribution is 5.94. The van der Waals surface area contributed by atoms with Gasteiger partial charge in [-0.3, -0.25) is 9.69 Å². The van der Waals surface area contributed by atoms with Gasteiger partial charge in [-0.2, -0.15) is 0 Å². The first-order valence-electron chi connectivity index (χ1n) is 10.4. The Morgan fingerprint density at radius 1 is 1.04 bits per heavy atom. The molecular weight excluding hydrogens is 346 g/mol. The molecule has 1 aliphatic heterocycles.